The summed E-state index contributed by atoms with van der Waals surface area (Å²) in [5.74, 6) is -0.910. The van der Waals surface area contributed by atoms with Crippen LogP contribution in [0.25, 0.3) is 0 Å². The topological polar surface area (TPSA) is 46.5 Å². The van der Waals surface area contributed by atoms with Gasteiger partial charge in [-0.2, -0.15) is 0 Å². The molecule has 0 atom stereocenters. The molecule has 0 rings (SSSR count). The second kappa shape index (κ2) is 14.4. The zero-order chi connectivity index (χ0) is 15.1. The molecular weight excluding hydrogens is 252 g/mol. The van der Waals surface area contributed by atoms with E-state index in [2.05, 4.69) is 6.92 Å². The fourth-order valence-electron chi connectivity index (χ4n) is 2.30. The largest absolute Gasteiger partial charge is 0.490 e. The number of allylic oxidation sites excluding steroid dienone is 1. The average molecular weight is 284 g/mol. The summed E-state index contributed by atoms with van der Waals surface area (Å²) in [6.45, 7) is 2.25. The summed E-state index contributed by atoms with van der Waals surface area (Å²) in [7, 11) is 1.40. The number of rotatable bonds is 14. The normalized spacial score (nSPS) is 11.6. The number of hydrogen-bond donors (Lipinski definition) is 1. The van der Waals surface area contributed by atoms with Crippen LogP contribution in [0.3, 0.4) is 0 Å². The highest BCUT2D eigenvalue weighted by molar-refractivity contribution is 5.84. The molecule has 0 aromatic heterocycles. The van der Waals surface area contributed by atoms with Crippen LogP contribution in [0.5, 0.6) is 0 Å². The van der Waals surface area contributed by atoms with Gasteiger partial charge < -0.3 is 9.84 Å². The minimum atomic E-state index is -0.976. The van der Waals surface area contributed by atoms with Gasteiger partial charge in [0.2, 0.25) is 0 Å². The lowest BCUT2D eigenvalue weighted by Crippen LogP contribution is -2.02. The van der Waals surface area contributed by atoms with Crippen LogP contribution in [0.4, 0.5) is 0 Å². The number of methoxy groups -OCH3 is 1. The number of aliphatic carboxylic acids is 1. The number of ether oxygens (including phenoxy) is 1. The van der Waals surface area contributed by atoms with E-state index in [0.717, 1.165) is 12.8 Å². The van der Waals surface area contributed by atoms with Crippen molar-refractivity contribution in [2.75, 3.05) is 7.11 Å². The second-order valence-corrected chi connectivity index (χ2v) is 5.40. The molecule has 0 saturated carbocycles. The standard InChI is InChI=1S/C17H32O3/c1-3-4-5-6-7-8-9-10-11-12-13-14-15-16(20-2)17(18)19/h15H,3-14H2,1-2H3,(H,18,19). The predicted octanol–water partition coefficient (Wildman–Crippen LogP) is 5.30. The maximum Gasteiger partial charge on any atom is 0.370 e. The SMILES string of the molecule is CCCCCCCCCCCCCC=C(OC)C(=O)O. The van der Waals surface area contributed by atoms with Gasteiger partial charge in [-0.1, -0.05) is 71.1 Å². The van der Waals surface area contributed by atoms with Gasteiger partial charge in [0, 0.05) is 0 Å². The van der Waals surface area contributed by atoms with Crippen molar-refractivity contribution in [3.63, 3.8) is 0 Å². The molecule has 1 N–H and O–H groups in total. The van der Waals surface area contributed by atoms with Crippen LogP contribution in [-0.4, -0.2) is 18.2 Å². The third-order valence-electron chi connectivity index (χ3n) is 3.57. The van der Waals surface area contributed by atoms with E-state index < -0.39 is 5.97 Å². The van der Waals surface area contributed by atoms with Crippen LogP contribution >= 0.6 is 0 Å². The monoisotopic (exact) mass is 284 g/mol. The zero-order valence-corrected chi connectivity index (χ0v) is 13.3. The Morgan fingerprint density at radius 2 is 1.35 bits per heavy atom. The molecule has 3 nitrogen and oxygen atoms in total. The molecule has 3 heteroatoms. The van der Waals surface area contributed by atoms with Crippen molar-refractivity contribution in [3.8, 4) is 0 Å². The van der Waals surface area contributed by atoms with E-state index in [1.54, 1.807) is 6.08 Å². The average Bonchev–Trinajstić information content (AvgIpc) is 2.43. The van der Waals surface area contributed by atoms with E-state index in [1.807, 2.05) is 0 Å². The first-order valence-corrected chi connectivity index (χ1v) is 8.19. The van der Waals surface area contributed by atoms with E-state index in [9.17, 15) is 4.79 Å². The molecule has 0 unspecified atom stereocenters. The summed E-state index contributed by atoms with van der Waals surface area (Å²) in [5.41, 5.74) is 0. The molecule has 0 radical (unpaired) electrons. The van der Waals surface area contributed by atoms with Crippen molar-refractivity contribution in [1.82, 2.24) is 0 Å². The first-order valence-electron chi connectivity index (χ1n) is 8.19. The molecule has 0 aliphatic heterocycles. The Morgan fingerprint density at radius 3 is 1.75 bits per heavy atom. The van der Waals surface area contributed by atoms with Crippen molar-refractivity contribution < 1.29 is 14.6 Å². The summed E-state index contributed by atoms with van der Waals surface area (Å²) in [5, 5.41) is 8.76. The molecule has 0 aliphatic carbocycles. The van der Waals surface area contributed by atoms with Gasteiger partial charge in [0.05, 0.1) is 7.11 Å². The molecular formula is C17H32O3. The molecule has 0 heterocycles. The molecule has 0 amide bonds. The highest BCUT2D eigenvalue weighted by Gasteiger charge is 2.04. The second-order valence-electron chi connectivity index (χ2n) is 5.40. The van der Waals surface area contributed by atoms with Crippen molar-refractivity contribution in [2.24, 2.45) is 0 Å². The minimum Gasteiger partial charge on any atom is -0.490 e. The number of hydrogen-bond acceptors (Lipinski definition) is 2. The Labute approximate surface area is 124 Å². The van der Waals surface area contributed by atoms with Gasteiger partial charge in [-0.05, 0) is 18.9 Å². The maximum atomic E-state index is 10.7. The van der Waals surface area contributed by atoms with Crippen LogP contribution in [0.1, 0.15) is 84.0 Å². The summed E-state index contributed by atoms with van der Waals surface area (Å²) in [6, 6.07) is 0. The van der Waals surface area contributed by atoms with Crippen LogP contribution in [0, 0.1) is 0 Å². The van der Waals surface area contributed by atoms with Gasteiger partial charge in [-0.25, -0.2) is 4.79 Å². The molecule has 0 aromatic carbocycles. The quantitative estimate of drug-likeness (QED) is 0.267. The van der Waals surface area contributed by atoms with E-state index in [1.165, 1.54) is 71.3 Å². The molecule has 20 heavy (non-hydrogen) atoms. The highest BCUT2D eigenvalue weighted by Crippen LogP contribution is 2.12. The molecule has 0 saturated heterocycles. The summed E-state index contributed by atoms with van der Waals surface area (Å²) in [4.78, 5) is 10.7. The molecule has 0 aromatic rings. The maximum absolute atomic E-state index is 10.7. The van der Waals surface area contributed by atoms with Crippen molar-refractivity contribution >= 4 is 5.97 Å². The van der Waals surface area contributed by atoms with Gasteiger partial charge in [0.25, 0.3) is 0 Å². The lowest BCUT2D eigenvalue weighted by Gasteiger charge is -2.02. The summed E-state index contributed by atoms with van der Waals surface area (Å²) in [6.07, 6.45) is 16.9. The highest BCUT2D eigenvalue weighted by atomic mass is 16.5. The number of unbranched alkanes of at least 4 members (excludes halogenated alkanes) is 11. The smallest absolute Gasteiger partial charge is 0.370 e. The fourth-order valence-corrected chi connectivity index (χ4v) is 2.30. The van der Waals surface area contributed by atoms with Gasteiger partial charge in [-0.3, -0.25) is 0 Å². The van der Waals surface area contributed by atoms with Crippen LogP contribution in [0.15, 0.2) is 11.8 Å². The number of carboxylic acid groups (broad SMARTS) is 1. The van der Waals surface area contributed by atoms with Crippen LogP contribution in [0.2, 0.25) is 0 Å². The molecule has 0 bridgehead atoms. The van der Waals surface area contributed by atoms with Gasteiger partial charge >= 0.3 is 5.97 Å². The number of carbonyl (C=O) groups is 1. The Kier molecular flexibility index (Phi) is 13.7. The Hall–Kier alpha value is -0.990. The van der Waals surface area contributed by atoms with Gasteiger partial charge in [0.1, 0.15) is 0 Å². The van der Waals surface area contributed by atoms with Crippen molar-refractivity contribution in [3.05, 3.63) is 11.8 Å². The Bertz CT molecular complexity index is 259. The lowest BCUT2D eigenvalue weighted by molar-refractivity contribution is -0.136. The molecule has 0 aliphatic rings. The van der Waals surface area contributed by atoms with Crippen molar-refractivity contribution in [1.29, 1.82) is 0 Å². The Morgan fingerprint density at radius 1 is 0.900 bits per heavy atom. The first kappa shape index (κ1) is 19.0. The number of carboxylic acids is 1. The molecule has 118 valence electrons. The molecule has 0 spiro atoms. The van der Waals surface area contributed by atoms with E-state index >= 15 is 0 Å². The van der Waals surface area contributed by atoms with E-state index in [0.29, 0.717) is 0 Å². The minimum absolute atomic E-state index is 0.0667. The third-order valence-corrected chi connectivity index (χ3v) is 3.57. The summed E-state index contributed by atoms with van der Waals surface area (Å²) < 4.78 is 4.77. The van der Waals surface area contributed by atoms with E-state index in [-0.39, 0.29) is 5.76 Å². The van der Waals surface area contributed by atoms with Gasteiger partial charge in [0.15, 0.2) is 5.76 Å². The summed E-state index contributed by atoms with van der Waals surface area (Å²) >= 11 is 0. The van der Waals surface area contributed by atoms with Crippen LogP contribution in [-0.2, 0) is 9.53 Å². The Balaban J connectivity index is 3.26. The zero-order valence-electron chi connectivity index (χ0n) is 13.3. The predicted molar refractivity (Wildman–Crippen MR) is 83.8 cm³/mol. The van der Waals surface area contributed by atoms with E-state index in [4.69, 9.17) is 9.84 Å². The van der Waals surface area contributed by atoms with Crippen LogP contribution < -0.4 is 0 Å². The third kappa shape index (κ3) is 12.1. The molecule has 0 fully saturated rings. The first-order chi connectivity index (χ1) is 9.72. The lowest BCUT2D eigenvalue weighted by atomic mass is 10.1. The van der Waals surface area contributed by atoms with Gasteiger partial charge in [-0.15, -0.1) is 0 Å². The van der Waals surface area contributed by atoms with Crippen molar-refractivity contribution in [2.45, 2.75) is 84.0 Å². The fraction of sp³-hybridized carbons (Fsp3) is 0.824.